The maximum absolute atomic E-state index is 13.7. The second-order valence-corrected chi connectivity index (χ2v) is 10.8. The summed E-state index contributed by atoms with van der Waals surface area (Å²) in [4.78, 5) is 27.5. The molecular formula is C26H35F2N3O4S. The molecule has 0 radical (unpaired) electrons. The lowest BCUT2D eigenvalue weighted by Gasteiger charge is -2.30. The van der Waals surface area contributed by atoms with Crippen LogP contribution >= 0.6 is 0 Å². The molecule has 0 fully saturated rings. The average molecular weight is 524 g/mol. The summed E-state index contributed by atoms with van der Waals surface area (Å²) < 4.78 is 52.5. The van der Waals surface area contributed by atoms with Crippen molar-refractivity contribution in [2.24, 2.45) is 0 Å². The largest absolute Gasteiger partial charge is 0.352 e. The summed E-state index contributed by atoms with van der Waals surface area (Å²) >= 11 is 0. The van der Waals surface area contributed by atoms with E-state index in [2.05, 4.69) is 5.32 Å². The SMILES string of the molecule is CCC(C)NC(=O)C(C)N(CCc1ccccc1)C(=O)CCCN(c1ccc(F)c(F)c1)S(C)(=O)=O. The second kappa shape index (κ2) is 13.3. The molecule has 1 N–H and O–H groups in total. The van der Waals surface area contributed by atoms with Gasteiger partial charge in [-0.25, -0.2) is 17.2 Å². The summed E-state index contributed by atoms with van der Waals surface area (Å²) in [6.07, 6.45) is 2.38. The van der Waals surface area contributed by atoms with E-state index in [1.807, 2.05) is 44.2 Å². The smallest absolute Gasteiger partial charge is 0.242 e. The van der Waals surface area contributed by atoms with Crippen molar-refractivity contribution in [1.82, 2.24) is 10.2 Å². The molecule has 36 heavy (non-hydrogen) atoms. The molecule has 2 atom stereocenters. The number of hydrogen-bond acceptors (Lipinski definition) is 4. The van der Waals surface area contributed by atoms with Crippen LogP contribution in [0.1, 0.15) is 45.6 Å². The normalized spacial score (nSPS) is 13.1. The highest BCUT2D eigenvalue weighted by Gasteiger charge is 2.27. The third-order valence-electron chi connectivity index (χ3n) is 6.00. The molecule has 0 aliphatic carbocycles. The number of anilines is 1. The van der Waals surface area contributed by atoms with Gasteiger partial charge < -0.3 is 10.2 Å². The van der Waals surface area contributed by atoms with Gasteiger partial charge in [-0.15, -0.1) is 0 Å². The highest BCUT2D eigenvalue weighted by atomic mass is 32.2. The third kappa shape index (κ3) is 8.58. The molecule has 2 aromatic carbocycles. The van der Waals surface area contributed by atoms with Crippen LogP contribution in [-0.2, 0) is 26.0 Å². The number of rotatable bonds is 13. The molecule has 0 saturated carbocycles. The molecule has 198 valence electrons. The number of nitrogens with zero attached hydrogens (tertiary/aromatic N) is 2. The predicted molar refractivity (Wildman–Crippen MR) is 137 cm³/mol. The summed E-state index contributed by atoms with van der Waals surface area (Å²) in [6, 6.07) is 11.7. The van der Waals surface area contributed by atoms with E-state index in [4.69, 9.17) is 0 Å². The first-order chi connectivity index (χ1) is 16.9. The molecule has 0 aliphatic rings. The zero-order valence-corrected chi connectivity index (χ0v) is 22.0. The molecule has 0 aliphatic heterocycles. The molecule has 2 amide bonds. The van der Waals surface area contributed by atoms with Gasteiger partial charge in [0.05, 0.1) is 11.9 Å². The minimum Gasteiger partial charge on any atom is -0.352 e. The Bertz CT molecular complexity index is 1130. The van der Waals surface area contributed by atoms with Crippen LogP contribution in [0.3, 0.4) is 0 Å². The average Bonchev–Trinajstić information content (AvgIpc) is 2.83. The van der Waals surface area contributed by atoms with Crippen LogP contribution in [0.25, 0.3) is 0 Å². The minimum atomic E-state index is -3.80. The Hall–Kier alpha value is -3.01. The summed E-state index contributed by atoms with van der Waals surface area (Å²) in [7, 11) is -3.80. The van der Waals surface area contributed by atoms with E-state index in [0.717, 1.165) is 34.7 Å². The molecule has 0 saturated heterocycles. The maximum Gasteiger partial charge on any atom is 0.242 e. The van der Waals surface area contributed by atoms with Gasteiger partial charge in [0.1, 0.15) is 6.04 Å². The van der Waals surface area contributed by atoms with E-state index >= 15 is 0 Å². The molecule has 0 bridgehead atoms. The Morgan fingerprint density at radius 2 is 1.67 bits per heavy atom. The first-order valence-corrected chi connectivity index (χ1v) is 13.8. The number of sulfonamides is 1. The van der Waals surface area contributed by atoms with Gasteiger partial charge >= 0.3 is 0 Å². The summed E-state index contributed by atoms with van der Waals surface area (Å²) in [5.41, 5.74) is 0.998. The van der Waals surface area contributed by atoms with Gasteiger partial charge in [-0.05, 0) is 50.8 Å². The van der Waals surface area contributed by atoms with Crippen molar-refractivity contribution in [1.29, 1.82) is 0 Å². The number of nitrogens with one attached hydrogen (secondary N) is 1. The number of hydrogen-bond donors (Lipinski definition) is 1. The Labute approximate surface area is 212 Å². The van der Waals surface area contributed by atoms with Gasteiger partial charge in [0, 0.05) is 31.6 Å². The van der Waals surface area contributed by atoms with Crippen LogP contribution in [0.5, 0.6) is 0 Å². The molecule has 2 rings (SSSR count). The van der Waals surface area contributed by atoms with Crippen LogP contribution in [0.15, 0.2) is 48.5 Å². The summed E-state index contributed by atoms with van der Waals surface area (Å²) in [5.74, 6) is -2.80. The number of benzene rings is 2. The van der Waals surface area contributed by atoms with Crippen LogP contribution in [0, 0.1) is 11.6 Å². The Balaban J connectivity index is 2.13. The highest BCUT2D eigenvalue weighted by Crippen LogP contribution is 2.21. The molecule has 0 aromatic heterocycles. The van der Waals surface area contributed by atoms with Gasteiger partial charge in [-0.3, -0.25) is 13.9 Å². The van der Waals surface area contributed by atoms with Gasteiger partial charge in [-0.2, -0.15) is 0 Å². The lowest BCUT2D eigenvalue weighted by molar-refractivity contribution is -0.140. The number of carbonyl (C=O) groups is 2. The second-order valence-electron chi connectivity index (χ2n) is 8.85. The lowest BCUT2D eigenvalue weighted by Crippen LogP contribution is -2.50. The van der Waals surface area contributed by atoms with E-state index in [1.54, 1.807) is 6.92 Å². The predicted octanol–water partition coefficient (Wildman–Crippen LogP) is 3.89. The number of halogens is 2. The van der Waals surface area contributed by atoms with Crippen molar-refractivity contribution >= 4 is 27.5 Å². The molecule has 7 nitrogen and oxygen atoms in total. The molecular weight excluding hydrogens is 488 g/mol. The Morgan fingerprint density at radius 3 is 2.25 bits per heavy atom. The summed E-state index contributed by atoms with van der Waals surface area (Å²) in [6.45, 7) is 5.73. The van der Waals surface area contributed by atoms with Crippen molar-refractivity contribution in [2.75, 3.05) is 23.7 Å². The quantitative estimate of drug-likeness (QED) is 0.432. The molecule has 2 unspecified atom stereocenters. The first-order valence-electron chi connectivity index (χ1n) is 12.0. The molecule has 10 heteroatoms. The van der Waals surface area contributed by atoms with Crippen LogP contribution in [0.2, 0.25) is 0 Å². The molecule has 0 spiro atoms. The van der Waals surface area contributed by atoms with Crippen LogP contribution in [0.4, 0.5) is 14.5 Å². The van der Waals surface area contributed by atoms with Crippen molar-refractivity contribution < 1.29 is 26.8 Å². The van der Waals surface area contributed by atoms with E-state index in [9.17, 15) is 26.8 Å². The van der Waals surface area contributed by atoms with Crippen LogP contribution < -0.4 is 9.62 Å². The standard InChI is InChI=1S/C26H35F2N3O4S/c1-5-19(2)29-26(33)20(3)30(17-15-21-10-7-6-8-11-21)25(32)12-9-16-31(36(4,34)35)22-13-14-23(27)24(28)18-22/h6-8,10-11,13-14,18-20H,5,9,12,15-17H2,1-4H3,(H,29,33). The highest BCUT2D eigenvalue weighted by molar-refractivity contribution is 7.92. The fourth-order valence-corrected chi connectivity index (χ4v) is 4.64. The number of carbonyl (C=O) groups excluding carboxylic acids is 2. The zero-order valence-electron chi connectivity index (χ0n) is 21.2. The zero-order chi connectivity index (χ0) is 26.9. The summed E-state index contributed by atoms with van der Waals surface area (Å²) in [5, 5.41) is 2.90. The topological polar surface area (TPSA) is 86.8 Å². The maximum atomic E-state index is 13.7. The lowest BCUT2D eigenvalue weighted by atomic mass is 10.1. The van der Waals surface area contributed by atoms with Crippen molar-refractivity contribution in [2.45, 2.75) is 58.5 Å². The van der Waals surface area contributed by atoms with Crippen molar-refractivity contribution in [3.05, 3.63) is 65.7 Å². The van der Waals surface area contributed by atoms with E-state index < -0.39 is 27.7 Å². The van der Waals surface area contributed by atoms with E-state index in [0.29, 0.717) is 13.0 Å². The fraction of sp³-hybridized carbons (Fsp3) is 0.462. The van der Waals surface area contributed by atoms with Gasteiger partial charge in [0.2, 0.25) is 21.8 Å². The van der Waals surface area contributed by atoms with E-state index in [1.165, 1.54) is 11.0 Å². The van der Waals surface area contributed by atoms with Gasteiger partial charge in [0.15, 0.2) is 11.6 Å². The van der Waals surface area contributed by atoms with Crippen LogP contribution in [-0.4, -0.2) is 56.6 Å². The third-order valence-corrected chi connectivity index (χ3v) is 7.19. The van der Waals surface area contributed by atoms with Crippen molar-refractivity contribution in [3.8, 4) is 0 Å². The van der Waals surface area contributed by atoms with E-state index in [-0.39, 0.29) is 42.9 Å². The first kappa shape index (κ1) is 29.2. The Kier molecular flexibility index (Phi) is 10.8. The van der Waals surface area contributed by atoms with Gasteiger partial charge in [-0.1, -0.05) is 37.3 Å². The van der Waals surface area contributed by atoms with Gasteiger partial charge in [0.25, 0.3) is 0 Å². The molecule has 0 heterocycles. The minimum absolute atomic E-state index is 0.0221. The van der Waals surface area contributed by atoms with Crippen molar-refractivity contribution in [3.63, 3.8) is 0 Å². The molecule has 2 aromatic rings. The number of amides is 2. The fourth-order valence-electron chi connectivity index (χ4n) is 3.68. The Morgan fingerprint density at radius 1 is 1.00 bits per heavy atom. The monoisotopic (exact) mass is 523 g/mol.